The average Bonchev–Trinajstić information content (AvgIpc) is 2.72. The molecule has 0 saturated carbocycles. The largest absolute Gasteiger partial charge is 0.481 e. The number of halogens is 2. The van der Waals surface area contributed by atoms with Crippen LogP contribution in [-0.4, -0.2) is 17.9 Å². The highest BCUT2D eigenvalue weighted by Crippen LogP contribution is 2.43. The van der Waals surface area contributed by atoms with Gasteiger partial charge in [0.15, 0.2) is 11.5 Å². The third-order valence-corrected chi connectivity index (χ3v) is 2.80. The number of benzene rings is 1. The fraction of sp³-hybridized carbons (Fsp3) is 0.417. The number of fused-ring (bicyclic) bond motifs is 1. The van der Waals surface area contributed by atoms with Crippen LogP contribution in [0.25, 0.3) is 0 Å². The molecule has 0 saturated heterocycles. The average molecular weight is 273 g/mol. The van der Waals surface area contributed by atoms with E-state index in [0.29, 0.717) is 0 Å². The minimum Gasteiger partial charge on any atom is -0.481 e. The molecular weight excluding hydrogens is 260 g/mol. The predicted octanol–water partition coefficient (Wildman–Crippen LogP) is 2.00. The normalized spacial score (nSPS) is 15.4. The maximum absolute atomic E-state index is 13.4. The van der Waals surface area contributed by atoms with Crippen molar-refractivity contribution in [3.63, 3.8) is 0 Å². The number of carboxylic acid groups (broad SMARTS) is 1. The van der Waals surface area contributed by atoms with Gasteiger partial charge in [0.2, 0.25) is 6.79 Å². The third-order valence-electron chi connectivity index (χ3n) is 2.80. The fourth-order valence-electron chi connectivity index (χ4n) is 1.86. The van der Waals surface area contributed by atoms with Gasteiger partial charge in [-0.3, -0.25) is 4.79 Å². The maximum atomic E-state index is 13.4. The number of aliphatic carboxylic acids is 1. The topological polar surface area (TPSA) is 81.8 Å². The first-order valence-corrected chi connectivity index (χ1v) is 5.58. The molecule has 1 heterocycles. The van der Waals surface area contributed by atoms with Crippen molar-refractivity contribution in [3.05, 3.63) is 23.3 Å². The minimum absolute atomic E-state index is 0.0964. The lowest BCUT2D eigenvalue weighted by Gasteiger charge is -2.17. The lowest BCUT2D eigenvalue weighted by molar-refractivity contribution is -0.137. The molecule has 0 spiro atoms. The Hall–Kier alpha value is -1.89. The standard InChI is InChI=1S/C12H13F2NO4/c1-12(13,14)6-2-7(8(15)4-10(16)17)11-9(3-6)18-5-19-11/h2-3,8H,4-5,15H2,1H3,(H,16,17). The highest BCUT2D eigenvalue weighted by atomic mass is 19.3. The number of nitrogens with two attached hydrogens (primary N) is 1. The van der Waals surface area contributed by atoms with Crippen LogP contribution in [0.5, 0.6) is 11.5 Å². The van der Waals surface area contributed by atoms with Crippen molar-refractivity contribution in [1.82, 2.24) is 0 Å². The Balaban J connectivity index is 2.47. The highest BCUT2D eigenvalue weighted by Gasteiger charge is 2.31. The number of ether oxygens (including phenoxy) is 2. The summed E-state index contributed by atoms with van der Waals surface area (Å²) < 4.78 is 37.0. The fourth-order valence-corrected chi connectivity index (χ4v) is 1.86. The van der Waals surface area contributed by atoms with Gasteiger partial charge in [-0.1, -0.05) is 0 Å². The smallest absolute Gasteiger partial charge is 0.305 e. The van der Waals surface area contributed by atoms with E-state index >= 15 is 0 Å². The van der Waals surface area contributed by atoms with Gasteiger partial charge in [-0.15, -0.1) is 0 Å². The molecule has 7 heteroatoms. The monoisotopic (exact) mass is 273 g/mol. The number of carboxylic acids is 1. The van der Waals surface area contributed by atoms with E-state index in [9.17, 15) is 13.6 Å². The van der Waals surface area contributed by atoms with Crippen molar-refractivity contribution < 1.29 is 28.2 Å². The molecule has 3 N–H and O–H groups in total. The summed E-state index contributed by atoms with van der Waals surface area (Å²) >= 11 is 0. The Bertz CT molecular complexity index is 513. The summed E-state index contributed by atoms with van der Waals surface area (Å²) in [6.45, 7) is 0.651. The third kappa shape index (κ3) is 2.76. The van der Waals surface area contributed by atoms with Crippen molar-refractivity contribution in [2.24, 2.45) is 5.73 Å². The predicted molar refractivity (Wildman–Crippen MR) is 61.3 cm³/mol. The highest BCUT2D eigenvalue weighted by molar-refractivity contribution is 5.68. The molecule has 19 heavy (non-hydrogen) atoms. The first-order valence-electron chi connectivity index (χ1n) is 5.58. The number of alkyl halides is 2. The maximum Gasteiger partial charge on any atom is 0.305 e. The van der Waals surface area contributed by atoms with E-state index in [1.165, 1.54) is 12.1 Å². The first-order chi connectivity index (χ1) is 8.79. The van der Waals surface area contributed by atoms with Gasteiger partial charge >= 0.3 is 5.97 Å². The Labute approximate surface area is 107 Å². The van der Waals surface area contributed by atoms with Crippen LogP contribution in [0.4, 0.5) is 8.78 Å². The van der Waals surface area contributed by atoms with Crippen LogP contribution in [-0.2, 0) is 10.7 Å². The first kappa shape index (κ1) is 13.5. The molecule has 0 amide bonds. The van der Waals surface area contributed by atoms with E-state index < -0.39 is 17.9 Å². The van der Waals surface area contributed by atoms with E-state index in [1.54, 1.807) is 0 Å². The molecule has 0 aliphatic carbocycles. The lowest BCUT2D eigenvalue weighted by atomic mass is 9.98. The Kier molecular flexibility index (Phi) is 3.32. The van der Waals surface area contributed by atoms with Gasteiger partial charge in [-0.05, 0) is 12.1 Å². The van der Waals surface area contributed by atoms with Crippen LogP contribution in [0.2, 0.25) is 0 Å². The van der Waals surface area contributed by atoms with Crippen LogP contribution in [0.3, 0.4) is 0 Å². The van der Waals surface area contributed by atoms with Crippen LogP contribution in [0.15, 0.2) is 12.1 Å². The van der Waals surface area contributed by atoms with Gasteiger partial charge in [0.1, 0.15) is 0 Å². The number of carbonyl (C=O) groups is 1. The van der Waals surface area contributed by atoms with Crippen LogP contribution in [0, 0.1) is 0 Å². The van der Waals surface area contributed by atoms with Crippen molar-refractivity contribution in [2.75, 3.05) is 6.79 Å². The molecule has 104 valence electrons. The summed E-state index contributed by atoms with van der Waals surface area (Å²) in [4.78, 5) is 10.7. The van der Waals surface area contributed by atoms with Gasteiger partial charge in [0.25, 0.3) is 5.92 Å². The van der Waals surface area contributed by atoms with Gasteiger partial charge < -0.3 is 20.3 Å². The van der Waals surface area contributed by atoms with Crippen molar-refractivity contribution >= 4 is 5.97 Å². The van der Waals surface area contributed by atoms with E-state index in [2.05, 4.69) is 0 Å². The molecule has 0 fully saturated rings. The molecule has 5 nitrogen and oxygen atoms in total. The van der Waals surface area contributed by atoms with E-state index in [1.807, 2.05) is 0 Å². The minimum atomic E-state index is -3.07. The molecule has 0 aromatic heterocycles. The Morgan fingerprint density at radius 1 is 1.53 bits per heavy atom. The number of rotatable bonds is 4. The van der Waals surface area contributed by atoms with Crippen molar-refractivity contribution in [3.8, 4) is 11.5 Å². The molecule has 1 aliphatic heterocycles. The van der Waals surface area contributed by atoms with E-state index in [-0.39, 0.29) is 35.8 Å². The summed E-state index contributed by atoms with van der Waals surface area (Å²) in [7, 11) is 0. The number of hydrogen-bond acceptors (Lipinski definition) is 4. The second-order valence-electron chi connectivity index (χ2n) is 4.39. The second-order valence-corrected chi connectivity index (χ2v) is 4.39. The van der Waals surface area contributed by atoms with Gasteiger partial charge in [0, 0.05) is 24.1 Å². The number of hydrogen-bond donors (Lipinski definition) is 2. The van der Waals surface area contributed by atoms with E-state index in [0.717, 1.165) is 6.92 Å². The summed E-state index contributed by atoms with van der Waals surface area (Å²) in [5.74, 6) is -3.79. The molecule has 0 bridgehead atoms. The molecule has 0 radical (unpaired) electrons. The summed E-state index contributed by atoms with van der Waals surface area (Å²) in [5, 5.41) is 8.72. The quantitative estimate of drug-likeness (QED) is 0.876. The van der Waals surface area contributed by atoms with Gasteiger partial charge in [0.05, 0.1) is 6.42 Å². The summed E-state index contributed by atoms with van der Waals surface area (Å²) in [6.07, 6.45) is -0.380. The summed E-state index contributed by atoms with van der Waals surface area (Å²) in [6, 6.07) is 1.41. The molecule has 1 aromatic carbocycles. The zero-order valence-corrected chi connectivity index (χ0v) is 10.2. The zero-order chi connectivity index (χ0) is 14.2. The van der Waals surface area contributed by atoms with Gasteiger partial charge in [-0.2, -0.15) is 0 Å². The van der Waals surface area contributed by atoms with Crippen LogP contribution >= 0.6 is 0 Å². The molecule has 1 unspecified atom stereocenters. The van der Waals surface area contributed by atoms with Gasteiger partial charge in [-0.25, -0.2) is 8.78 Å². The van der Waals surface area contributed by atoms with Crippen molar-refractivity contribution in [1.29, 1.82) is 0 Å². The molecule has 1 aliphatic rings. The Morgan fingerprint density at radius 2 is 2.21 bits per heavy atom. The SMILES string of the molecule is CC(F)(F)c1cc2c(c(C(N)CC(=O)O)c1)OCO2. The van der Waals surface area contributed by atoms with Crippen LogP contribution in [0.1, 0.15) is 30.5 Å². The summed E-state index contributed by atoms with van der Waals surface area (Å²) in [5.41, 5.74) is 5.65. The van der Waals surface area contributed by atoms with Crippen molar-refractivity contribution in [2.45, 2.75) is 25.3 Å². The van der Waals surface area contributed by atoms with E-state index in [4.69, 9.17) is 20.3 Å². The Morgan fingerprint density at radius 3 is 2.79 bits per heavy atom. The molecule has 2 rings (SSSR count). The zero-order valence-electron chi connectivity index (χ0n) is 10.2. The molecular formula is C12H13F2NO4. The molecule has 1 atom stereocenters. The lowest BCUT2D eigenvalue weighted by Crippen LogP contribution is -2.17. The van der Waals surface area contributed by atoms with Crippen LogP contribution < -0.4 is 15.2 Å². The second kappa shape index (κ2) is 4.65. The molecule has 1 aromatic rings.